The molecule has 2 atom stereocenters. The Morgan fingerprint density at radius 2 is 2.00 bits per heavy atom. The van der Waals surface area contributed by atoms with Gasteiger partial charge in [0.15, 0.2) is 17.4 Å². The van der Waals surface area contributed by atoms with Gasteiger partial charge in [0.25, 0.3) is 0 Å². The fraction of sp³-hybridized carbons (Fsp3) is 0.375. The minimum absolute atomic E-state index is 0.00277. The number of carbonyl (C=O) groups is 1. The molecular formula is C24H24F3N7O4. The molecule has 200 valence electrons. The van der Waals surface area contributed by atoms with Crippen molar-refractivity contribution in [1.29, 1.82) is 0 Å². The topological polar surface area (TPSA) is 137 Å². The second-order valence-corrected chi connectivity index (χ2v) is 8.91. The van der Waals surface area contributed by atoms with Gasteiger partial charge in [-0.3, -0.25) is 10.2 Å². The van der Waals surface area contributed by atoms with E-state index in [4.69, 9.17) is 9.84 Å². The van der Waals surface area contributed by atoms with Crippen LogP contribution in [0, 0.1) is 0 Å². The lowest BCUT2D eigenvalue weighted by Gasteiger charge is -2.45. The van der Waals surface area contributed by atoms with Crippen LogP contribution in [0.1, 0.15) is 18.4 Å². The Hall–Kier alpha value is -4.04. The quantitative estimate of drug-likeness (QED) is 0.439. The van der Waals surface area contributed by atoms with Gasteiger partial charge in [-0.05, 0) is 25.0 Å². The molecule has 11 nitrogen and oxygen atoms in total. The molecule has 0 aliphatic carbocycles. The molecule has 38 heavy (non-hydrogen) atoms. The zero-order valence-electron chi connectivity index (χ0n) is 20.0. The molecule has 1 saturated heterocycles. The second-order valence-electron chi connectivity index (χ2n) is 8.91. The third kappa shape index (κ3) is 5.31. The molecular weight excluding hydrogens is 507 g/mol. The number of hydrogen-bond acceptors (Lipinski definition) is 9. The van der Waals surface area contributed by atoms with Gasteiger partial charge >= 0.3 is 12.2 Å². The summed E-state index contributed by atoms with van der Waals surface area (Å²) in [7, 11) is 0. The van der Waals surface area contributed by atoms with Crippen LogP contribution >= 0.6 is 0 Å². The minimum atomic E-state index is -4.52. The van der Waals surface area contributed by atoms with E-state index < -0.39 is 30.5 Å². The number of alkyl halides is 3. The molecule has 0 saturated carbocycles. The highest BCUT2D eigenvalue weighted by molar-refractivity contribution is 6.03. The number of amides is 2. The average Bonchev–Trinajstić information content (AvgIpc) is 2.92. The van der Waals surface area contributed by atoms with Crippen molar-refractivity contribution in [3.63, 3.8) is 0 Å². The number of aromatic nitrogens is 4. The number of aliphatic hydroxyl groups is 2. The Morgan fingerprint density at radius 1 is 1.21 bits per heavy atom. The van der Waals surface area contributed by atoms with Gasteiger partial charge in [0.05, 0.1) is 42.5 Å². The molecule has 2 amide bonds. The third-order valence-electron chi connectivity index (χ3n) is 6.25. The van der Waals surface area contributed by atoms with Crippen LogP contribution in [0.2, 0.25) is 0 Å². The molecule has 3 N–H and O–H groups in total. The molecule has 1 aromatic carbocycles. The number of ether oxygens (including phenoxy) is 1. The molecule has 2 aliphatic heterocycles. The van der Waals surface area contributed by atoms with Gasteiger partial charge in [-0.2, -0.15) is 13.2 Å². The van der Waals surface area contributed by atoms with Crippen molar-refractivity contribution in [1.82, 2.24) is 19.9 Å². The summed E-state index contributed by atoms with van der Waals surface area (Å²) in [5, 5.41) is 20.9. The van der Waals surface area contributed by atoms with Crippen molar-refractivity contribution < 1.29 is 32.9 Å². The summed E-state index contributed by atoms with van der Waals surface area (Å²) < 4.78 is 45.0. The van der Waals surface area contributed by atoms with Crippen molar-refractivity contribution in [2.75, 3.05) is 41.4 Å². The van der Waals surface area contributed by atoms with E-state index in [9.17, 15) is 23.1 Å². The fourth-order valence-electron chi connectivity index (χ4n) is 4.42. The van der Waals surface area contributed by atoms with Gasteiger partial charge in [0.2, 0.25) is 5.95 Å². The number of carbonyl (C=O) groups excluding carboxylic acids is 1. The van der Waals surface area contributed by atoms with Crippen molar-refractivity contribution in [3.8, 4) is 17.1 Å². The second kappa shape index (κ2) is 10.4. The maximum Gasteiger partial charge on any atom is 0.416 e. The Bertz CT molecular complexity index is 1310. The van der Waals surface area contributed by atoms with Crippen LogP contribution < -0.4 is 19.9 Å². The summed E-state index contributed by atoms with van der Waals surface area (Å²) in [5.74, 6) is 0.590. The summed E-state index contributed by atoms with van der Waals surface area (Å²) in [6, 6.07) is 3.97. The molecule has 4 heterocycles. The number of benzene rings is 1. The zero-order chi connectivity index (χ0) is 26.9. The van der Waals surface area contributed by atoms with Crippen molar-refractivity contribution in [2.24, 2.45) is 0 Å². The zero-order valence-corrected chi connectivity index (χ0v) is 20.0. The molecule has 2 aromatic heterocycles. The SMILES string of the molecule is O=C(Nc1ncc(OC[C@H](O)CO)cn1)N1c2nc(-c3cccc(C(F)(F)F)c3)ncc2N2CCC[C@H]1C2. The Morgan fingerprint density at radius 3 is 2.74 bits per heavy atom. The Kier molecular flexibility index (Phi) is 6.99. The van der Waals surface area contributed by atoms with Gasteiger partial charge in [0.1, 0.15) is 12.7 Å². The van der Waals surface area contributed by atoms with Gasteiger partial charge < -0.3 is 19.8 Å². The standard InChI is InChI=1S/C24H24F3N7O4/c25-24(26,27)15-4-1-3-14(7-15)20-28-10-19-21(31-20)34(16-5-2-6-33(19)11-16)23(37)32-22-29-8-18(9-30-22)38-13-17(36)12-35/h1,3-4,7-10,16-17,35-36H,2,5-6,11-13H2,(H,29,30,32,37)/t16-,17+/m0/s1. The first kappa shape index (κ1) is 25.6. The van der Waals surface area contributed by atoms with Crippen LogP contribution in [0.25, 0.3) is 11.4 Å². The van der Waals surface area contributed by atoms with Crippen molar-refractivity contribution >= 4 is 23.5 Å². The number of halogens is 3. The van der Waals surface area contributed by atoms with E-state index in [1.165, 1.54) is 35.6 Å². The van der Waals surface area contributed by atoms with Gasteiger partial charge in [0, 0.05) is 18.7 Å². The largest absolute Gasteiger partial charge is 0.488 e. The van der Waals surface area contributed by atoms with Crippen LogP contribution in [-0.2, 0) is 6.18 Å². The first-order valence-electron chi connectivity index (χ1n) is 11.9. The molecule has 0 unspecified atom stereocenters. The highest BCUT2D eigenvalue weighted by Crippen LogP contribution is 2.39. The average molecular weight is 531 g/mol. The van der Waals surface area contributed by atoms with Gasteiger partial charge in [-0.15, -0.1) is 0 Å². The normalized spacial score (nSPS) is 17.6. The Balaban J connectivity index is 1.41. The lowest BCUT2D eigenvalue weighted by molar-refractivity contribution is -0.137. The number of urea groups is 1. The maximum atomic E-state index is 13.4. The summed E-state index contributed by atoms with van der Waals surface area (Å²) >= 11 is 0. The van der Waals surface area contributed by atoms with Crippen molar-refractivity contribution in [3.05, 3.63) is 48.4 Å². The third-order valence-corrected chi connectivity index (χ3v) is 6.25. The van der Waals surface area contributed by atoms with E-state index in [1.54, 1.807) is 0 Å². The first-order chi connectivity index (χ1) is 18.2. The van der Waals surface area contributed by atoms with Crippen LogP contribution in [-0.4, -0.2) is 74.6 Å². The number of rotatable bonds is 6. The lowest BCUT2D eigenvalue weighted by atomic mass is 10.0. The smallest absolute Gasteiger partial charge is 0.416 e. The van der Waals surface area contributed by atoms with E-state index in [-0.39, 0.29) is 35.7 Å². The number of fused-ring (bicyclic) bond motifs is 4. The number of nitrogens with zero attached hydrogens (tertiary/aromatic N) is 6. The van der Waals surface area contributed by atoms with Gasteiger partial charge in [-0.1, -0.05) is 12.1 Å². The van der Waals surface area contributed by atoms with Crippen LogP contribution in [0.4, 0.5) is 35.4 Å². The molecule has 2 aliphatic rings. The monoisotopic (exact) mass is 531 g/mol. The molecule has 1 fully saturated rings. The fourth-order valence-corrected chi connectivity index (χ4v) is 4.42. The predicted molar refractivity (Wildman–Crippen MR) is 130 cm³/mol. The number of piperidine rings is 1. The maximum absolute atomic E-state index is 13.4. The first-order valence-corrected chi connectivity index (χ1v) is 11.9. The van der Waals surface area contributed by atoms with E-state index in [0.717, 1.165) is 25.1 Å². The summed E-state index contributed by atoms with van der Waals surface area (Å²) in [6.07, 6.45) is 0.145. The number of hydrogen-bond donors (Lipinski definition) is 3. The predicted octanol–water partition coefficient (Wildman–Crippen LogP) is 2.71. The minimum Gasteiger partial charge on any atom is -0.488 e. The number of anilines is 3. The highest BCUT2D eigenvalue weighted by atomic mass is 19.4. The van der Waals surface area contributed by atoms with E-state index in [1.807, 2.05) is 0 Å². The summed E-state index contributed by atoms with van der Waals surface area (Å²) in [4.78, 5) is 33.9. The van der Waals surface area contributed by atoms with Crippen molar-refractivity contribution in [2.45, 2.75) is 31.2 Å². The summed E-state index contributed by atoms with van der Waals surface area (Å²) in [6.45, 7) is 0.709. The van der Waals surface area contributed by atoms with Crippen LogP contribution in [0.15, 0.2) is 42.9 Å². The Labute approximate surface area is 214 Å². The van der Waals surface area contributed by atoms with Gasteiger partial charge in [-0.25, -0.2) is 24.7 Å². The number of aliphatic hydroxyl groups excluding tert-OH is 2. The molecule has 2 bridgehead atoms. The molecule has 5 rings (SSSR count). The molecule has 3 aromatic rings. The molecule has 0 radical (unpaired) electrons. The number of nitrogens with one attached hydrogen (secondary N) is 1. The van der Waals surface area contributed by atoms with Crippen LogP contribution in [0.3, 0.4) is 0 Å². The van der Waals surface area contributed by atoms with E-state index in [0.29, 0.717) is 24.5 Å². The van der Waals surface area contributed by atoms with Crippen LogP contribution in [0.5, 0.6) is 5.75 Å². The highest BCUT2D eigenvalue weighted by Gasteiger charge is 2.39. The lowest BCUT2D eigenvalue weighted by Crippen LogP contribution is -2.56. The summed E-state index contributed by atoms with van der Waals surface area (Å²) in [5.41, 5.74) is -0.0279. The molecule has 0 spiro atoms. The van der Waals surface area contributed by atoms with E-state index >= 15 is 0 Å². The van der Waals surface area contributed by atoms with E-state index in [2.05, 4.69) is 30.2 Å². The molecule has 14 heteroatoms.